The van der Waals surface area contributed by atoms with Crippen LogP contribution in [0.4, 0.5) is 8.78 Å². The van der Waals surface area contributed by atoms with E-state index in [4.69, 9.17) is 10.8 Å². The maximum Gasteiger partial charge on any atom is 0.306 e. The summed E-state index contributed by atoms with van der Waals surface area (Å²) in [5.74, 6) is -3.04. The normalized spacial score (nSPS) is 12.4. The number of benzene rings is 1. The number of hydrogen-bond donors (Lipinski definition) is 2. The summed E-state index contributed by atoms with van der Waals surface area (Å²) in [6, 6.07) is 3.17. The fourth-order valence-electron chi connectivity index (χ4n) is 1.63. The predicted octanol–water partition coefficient (Wildman–Crippen LogP) is 1.95. The van der Waals surface area contributed by atoms with Crippen LogP contribution in [0.3, 0.4) is 0 Å². The van der Waals surface area contributed by atoms with Crippen LogP contribution < -0.4 is 5.73 Å². The van der Waals surface area contributed by atoms with Crippen LogP contribution in [0.1, 0.15) is 18.4 Å². The highest BCUT2D eigenvalue weighted by Gasteiger charge is 2.19. The molecule has 1 unspecified atom stereocenters. The van der Waals surface area contributed by atoms with Crippen molar-refractivity contribution in [2.45, 2.75) is 19.3 Å². The minimum Gasteiger partial charge on any atom is -0.481 e. The first-order valence-electron chi connectivity index (χ1n) is 5.41. The standard InChI is InChI=1S/C12H15F2NO2/c13-10-4-3-8(11(14)7-10)6-9(12(16)17)2-1-5-15/h3-4,7,9H,1-2,5-6,15H2,(H,16,17). The highest BCUT2D eigenvalue weighted by molar-refractivity contribution is 5.70. The second-order valence-corrected chi connectivity index (χ2v) is 3.91. The molecule has 5 heteroatoms. The Bertz CT molecular complexity index is 396. The smallest absolute Gasteiger partial charge is 0.306 e. The number of halogens is 2. The zero-order valence-electron chi connectivity index (χ0n) is 9.33. The van der Waals surface area contributed by atoms with Gasteiger partial charge in [-0.15, -0.1) is 0 Å². The minimum absolute atomic E-state index is 0.0570. The van der Waals surface area contributed by atoms with E-state index in [0.29, 0.717) is 19.4 Å². The Morgan fingerprint density at radius 2 is 2.12 bits per heavy atom. The van der Waals surface area contributed by atoms with Crippen LogP contribution in [0.15, 0.2) is 18.2 Å². The molecule has 17 heavy (non-hydrogen) atoms. The van der Waals surface area contributed by atoms with Gasteiger partial charge >= 0.3 is 5.97 Å². The van der Waals surface area contributed by atoms with E-state index in [9.17, 15) is 13.6 Å². The van der Waals surface area contributed by atoms with Crippen molar-refractivity contribution in [3.8, 4) is 0 Å². The summed E-state index contributed by atoms with van der Waals surface area (Å²) < 4.78 is 26.0. The third-order valence-electron chi connectivity index (χ3n) is 2.59. The summed E-state index contributed by atoms with van der Waals surface area (Å²) in [7, 11) is 0. The van der Waals surface area contributed by atoms with E-state index in [1.807, 2.05) is 0 Å². The molecule has 1 atom stereocenters. The third-order valence-corrected chi connectivity index (χ3v) is 2.59. The highest BCUT2D eigenvalue weighted by Crippen LogP contribution is 2.18. The summed E-state index contributed by atoms with van der Waals surface area (Å²) in [5, 5.41) is 8.97. The number of carboxylic acids is 1. The quantitative estimate of drug-likeness (QED) is 0.802. The van der Waals surface area contributed by atoms with E-state index in [0.717, 1.165) is 12.1 Å². The lowest BCUT2D eigenvalue weighted by Crippen LogP contribution is -2.18. The molecule has 0 aliphatic rings. The maximum absolute atomic E-state index is 13.3. The second kappa shape index (κ2) is 6.30. The molecule has 1 rings (SSSR count). The molecule has 0 aliphatic heterocycles. The third kappa shape index (κ3) is 4.11. The number of aliphatic carboxylic acids is 1. The SMILES string of the molecule is NCCCC(Cc1ccc(F)cc1F)C(=O)O. The first kappa shape index (κ1) is 13.6. The van der Waals surface area contributed by atoms with Crippen LogP contribution in [-0.2, 0) is 11.2 Å². The van der Waals surface area contributed by atoms with Gasteiger partial charge in [-0.2, -0.15) is 0 Å². The van der Waals surface area contributed by atoms with Crippen LogP contribution in [0.5, 0.6) is 0 Å². The molecule has 0 spiro atoms. The van der Waals surface area contributed by atoms with Gasteiger partial charge in [-0.05, 0) is 37.4 Å². The van der Waals surface area contributed by atoms with Gasteiger partial charge in [-0.1, -0.05) is 6.07 Å². The molecule has 3 N–H and O–H groups in total. The molecule has 0 saturated carbocycles. The molecule has 0 aromatic heterocycles. The van der Waals surface area contributed by atoms with Crippen LogP contribution in [0, 0.1) is 17.6 Å². The maximum atomic E-state index is 13.3. The van der Waals surface area contributed by atoms with Gasteiger partial charge in [-0.25, -0.2) is 8.78 Å². The Hall–Kier alpha value is -1.49. The zero-order chi connectivity index (χ0) is 12.8. The monoisotopic (exact) mass is 243 g/mol. The van der Waals surface area contributed by atoms with Gasteiger partial charge < -0.3 is 10.8 Å². The van der Waals surface area contributed by atoms with E-state index >= 15 is 0 Å². The van der Waals surface area contributed by atoms with Gasteiger partial charge in [0.05, 0.1) is 5.92 Å². The van der Waals surface area contributed by atoms with E-state index in [-0.39, 0.29) is 12.0 Å². The average Bonchev–Trinajstić information content (AvgIpc) is 2.26. The molecule has 0 radical (unpaired) electrons. The molecule has 0 aliphatic carbocycles. The van der Waals surface area contributed by atoms with Gasteiger partial charge in [0.25, 0.3) is 0 Å². The second-order valence-electron chi connectivity index (χ2n) is 3.91. The Morgan fingerprint density at radius 1 is 1.41 bits per heavy atom. The topological polar surface area (TPSA) is 63.3 Å². The van der Waals surface area contributed by atoms with E-state index in [2.05, 4.69) is 0 Å². The van der Waals surface area contributed by atoms with Crippen molar-refractivity contribution in [1.82, 2.24) is 0 Å². The summed E-state index contributed by atoms with van der Waals surface area (Å²) >= 11 is 0. The summed E-state index contributed by atoms with van der Waals surface area (Å²) in [6.45, 7) is 0.398. The molecule has 94 valence electrons. The first-order valence-corrected chi connectivity index (χ1v) is 5.41. The molecule has 0 bridgehead atoms. The fourth-order valence-corrected chi connectivity index (χ4v) is 1.63. The van der Waals surface area contributed by atoms with Crippen molar-refractivity contribution in [2.24, 2.45) is 11.7 Å². The zero-order valence-corrected chi connectivity index (χ0v) is 9.33. The van der Waals surface area contributed by atoms with Crippen molar-refractivity contribution < 1.29 is 18.7 Å². The number of nitrogens with two attached hydrogens (primary N) is 1. The Kier molecular flexibility index (Phi) is 5.03. The summed E-state index contributed by atoms with van der Waals surface area (Å²) in [6.07, 6.45) is 1.02. The minimum atomic E-state index is -0.984. The van der Waals surface area contributed by atoms with Crippen LogP contribution in [0.25, 0.3) is 0 Å². The lowest BCUT2D eigenvalue weighted by Gasteiger charge is -2.12. The molecule has 0 amide bonds. The predicted molar refractivity (Wildman–Crippen MR) is 59.5 cm³/mol. The lowest BCUT2D eigenvalue weighted by molar-refractivity contribution is -0.141. The molecule has 1 aromatic carbocycles. The molecule has 0 heterocycles. The molecular formula is C12H15F2NO2. The van der Waals surface area contributed by atoms with Gasteiger partial charge in [-0.3, -0.25) is 4.79 Å². The largest absolute Gasteiger partial charge is 0.481 e. The van der Waals surface area contributed by atoms with Crippen molar-refractivity contribution in [3.05, 3.63) is 35.4 Å². The number of hydrogen-bond acceptors (Lipinski definition) is 2. The first-order chi connectivity index (χ1) is 8.04. The number of carbonyl (C=O) groups is 1. The van der Waals surface area contributed by atoms with Gasteiger partial charge in [0.2, 0.25) is 0 Å². The van der Waals surface area contributed by atoms with E-state index in [1.54, 1.807) is 0 Å². The number of carboxylic acid groups (broad SMARTS) is 1. The summed E-state index contributed by atoms with van der Waals surface area (Å²) in [4.78, 5) is 11.0. The van der Waals surface area contributed by atoms with Crippen LogP contribution in [0.2, 0.25) is 0 Å². The molecule has 0 fully saturated rings. The Morgan fingerprint density at radius 3 is 2.65 bits per heavy atom. The fraction of sp³-hybridized carbons (Fsp3) is 0.417. The van der Waals surface area contributed by atoms with Crippen molar-refractivity contribution in [3.63, 3.8) is 0 Å². The van der Waals surface area contributed by atoms with Crippen LogP contribution >= 0.6 is 0 Å². The van der Waals surface area contributed by atoms with E-state index in [1.165, 1.54) is 6.07 Å². The average molecular weight is 243 g/mol. The summed E-state index contributed by atoms with van der Waals surface area (Å²) in [5.41, 5.74) is 5.52. The van der Waals surface area contributed by atoms with E-state index < -0.39 is 23.5 Å². The van der Waals surface area contributed by atoms with Crippen LogP contribution in [-0.4, -0.2) is 17.6 Å². The number of rotatable bonds is 6. The molecular weight excluding hydrogens is 228 g/mol. The van der Waals surface area contributed by atoms with Crippen molar-refractivity contribution in [1.29, 1.82) is 0 Å². The van der Waals surface area contributed by atoms with Gasteiger partial charge in [0, 0.05) is 6.07 Å². The highest BCUT2D eigenvalue weighted by atomic mass is 19.1. The van der Waals surface area contributed by atoms with Gasteiger partial charge in [0.1, 0.15) is 11.6 Å². The Labute approximate surface area is 98.2 Å². The molecule has 0 saturated heterocycles. The molecule has 1 aromatic rings. The Balaban J connectivity index is 2.75. The van der Waals surface area contributed by atoms with Crippen molar-refractivity contribution >= 4 is 5.97 Å². The van der Waals surface area contributed by atoms with Crippen molar-refractivity contribution in [2.75, 3.05) is 6.54 Å². The molecule has 3 nitrogen and oxygen atoms in total. The lowest BCUT2D eigenvalue weighted by atomic mass is 9.94. The van der Waals surface area contributed by atoms with Gasteiger partial charge in [0.15, 0.2) is 0 Å².